The number of fused-ring (bicyclic) bond motifs is 3. The molecule has 0 spiro atoms. The molecule has 4 rings (SSSR count). The number of ether oxygens (including phenoxy) is 1. The smallest absolute Gasteiger partial charge is 0.407 e. The van der Waals surface area contributed by atoms with Crippen molar-refractivity contribution in [3.05, 3.63) is 59.7 Å². The Morgan fingerprint density at radius 1 is 1.03 bits per heavy atom. The maximum absolute atomic E-state index is 12.5. The maximum Gasteiger partial charge on any atom is 0.407 e. The third-order valence-electron chi connectivity index (χ3n) is 6.44. The van der Waals surface area contributed by atoms with E-state index in [2.05, 4.69) is 34.9 Å². The largest absolute Gasteiger partial charge is 0.480 e. The van der Waals surface area contributed by atoms with E-state index < -0.39 is 18.1 Å². The fourth-order valence-electron chi connectivity index (χ4n) is 4.76. The molecule has 168 valence electrons. The van der Waals surface area contributed by atoms with E-state index in [-0.39, 0.29) is 30.4 Å². The highest BCUT2D eigenvalue weighted by Gasteiger charge is 2.31. The highest BCUT2D eigenvalue weighted by Crippen LogP contribution is 2.44. The molecule has 0 radical (unpaired) electrons. The van der Waals surface area contributed by atoms with Crippen LogP contribution in [0.1, 0.15) is 49.7 Å². The van der Waals surface area contributed by atoms with Gasteiger partial charge < -0.3 is 20.5 Å². The molecule has 0 unspecified atom stereocenters. The van der Waals surface area contributed by atoms with E-state index in [4.69, 9.17) is 9.84 Å². The van der Waals surface area contributed by atoms with Gasteiger partial charge in [0.2, 0.25) is 5.91 Å². The van der Waals surface area contributed by atoms with Crippen molar-refractivity contribution < 1.29 is 24.2 Å². The van der Waals surface area contributed by atoms with Gasteiger partial charge >= 0.3 is 12.1 Å². The van der Waals surface area contributed by atoms with Gasteiger partial charge in [0.05, 0.1) is 0 Å². The van der Waals surface area contributed by atoms with Crippen molar-refractivity contribution in [2.45, 2.75) is 50.6 Å². The molecule has 2 amide bonds. The molecular formula is C25H28N2O5. The van der Waals surface area contributed by atoms with Crippen molar-refractivity contribution in [2.75, 3.05) is 6.61 Å². The fourth-order valence-corrected chi connectivity index (χ4v) is 4.76. The second kappa shape index (κ2) is 9.42. The number of hydrogen-bond acceptors (Lipinski definition) is 4. The predicted molar refractivity (Wildman–Crippen MR) is 119 cm³/mol. The summed E-state index contributed by atoms with van der Waals surface area (Å²) >= 11 is 0. The van der Waals surface area contributed by atoms with E-state index in [0.29, 0.717) is 12.8 Å². The molecule has 0 heterocycles. The van der Waals surface area contributed by atoms with Gasteiger partial charge in [0.1, 0.15) is 12.6 Å². The first-order valence-electron chi connectivity index (χ1n) is 11.1. The van der Waals surface area contributed by atoms with Crippen LogP contribution in [0.5, 0.6) is 0 Å². The number of carboxylic acid groups (broad SMARTS) is 1. The normalized spacial score (nSPS) is 20.5. The lowest BCUT2D eigenvalue weighted by Crippen LogP contribution is -2.46. The maximum atomic E-state index is 12.5. The summed E-state index contributed by atoms with van der Waals surface area (Å²) < 4.78 is 5.61. The van der Waals surface area contributed by atoms with E-state index >= 15 is 0 Å². The van der Waals surface area contributed by atoms with Gasteiger partial charge in [-0.1, -0.05) is 55.0 Å². The van der Waals surface area contributed by atoms with E-state index in [9.17, 15) is 14.4 Å². The summed E-state index contributed by atoms with van der Waals surface area (Å²) in [6.45, 7) is 1.68. The predicted octanol–water partition coefficient (Wildman–Crippen LogP) is 3.67. The Hall–Kier alpha value is -3.35. The molecule has 2 aliphatic rings. The van der Waals surface area contributed by atoms with Gasteiger partial charge in [0, 0.05) is 17.9 Å². The lowest BCUT2D eigenvalue weighted by atomic mass is 9.85. The van der Waals surface area contributed by atoms with Crippen LogP contribution < -0.4 is 10.6 Å². The van der Waals surface area contributed by atoms with Crippen LogP contribution in [0.2, 0.25) is 0 Å². The quantitative estimate of drug-likeness (QED) is 0.641. The van der Waals surface area contributed by atoms with Gasteiger partial charge in [0.25, 0.3) is 0 Å². The molecule has 0 saturated heterocycles. The van der Waals surface area contributed by atoms with Crippen LogP contribution in [-0.4, -0.2) is 41.8 Å². The average molecular weight is 437 g/mol. The van der Waals surface area contributed by atoms with Crippen molar-refractivity contribution in [2.24, 2.45) is 5.92 Å². The summed E-state index contributed by atoms with van der Waals surface area (Å²) in [5.41, 5.74) is 4.66. The number of carbonyl (C=O) groups excluding carboxylic acids is 2. The van der Waals surface area contributed by atoms with Crippen molar-refractivity contribution in [1.82, 2.24) is 10.6 Å². The molecule has 0 aliphatic heterocycles. The number of hydrogen-bond donors (Lipinski definition) is 3. The van der Waals surface area contributed by atoms with Crippen LogP contribution in [0.15, 0.2) is 48.5 Å². The number of amides is 2. The first-order valence-corrected chi connectivity index (χ1v) is 11.1. The Morgan fingerprint density at radius 3 is 2.28 bits per heavy atom. The van der Waals surface area contributed by atoms with E-state index in [1.165, 1.54) is 18.1 Å². The van der Waals surface area contributed by atoms with E-state index in [1.807, 2.05) is 24.3 Å². The minimum Gasteiger partial charge on any atom is -0.480 e. The number of nitrogens with one attached hydrogen (secondary N) is 2. The Bertz CT molecular complexity index is 975. The number of alkyl carbamates (subject to hydrolysis) is 1. The van der Waals surface area contributed by atoms with Crippen LogP contribution in [0, 0.1) is 5.92 Å². The Morgan fingerprint density at radius 2 is 1.66 bits per heavy atom. The Balaban J connectivity index is 1.33. The minimum atomic E-state index is -1.07. The Labute approximate surface area is 187 Å². The van der Waals surface area contributed by atoms with Crippen molar-refractivity contribution >= 4 is 18.0 Å². The van der Waals surface area contributed by atoms with Crippen LogP contribution >= 0.6 is 0 Å². The molecule has 2 aromatic rings. The molecule has 7 nitrogen and oxygen atoms in total. The summed E-state index contributed by atoms with van der Waals surface area (Å²) in [4.78, 5) is 35.9. The molecule has 1 saturated carbocycles. The highest BCUT2D eigenvalue weighted by molar-refractivity contribution is 5.85. The first kappa shape index (κ1) is 21.9. The minimum absolute atomic E-state index is 0.00413. The van der Waals surface area contributed by atoms with Crippen LogP contribution in [0.4, 0.5) is 4.79 Å². The molecule has 3 N–H and O–H groups in total. The summed E-state index contributed by atoms with van der Waals surface area (Å²) in [5.74, 6) is -1.67. The molecule has 3 atom stereocenters. The zero-order valence-corrected chi connectivity index (χ0v) is 18.0. The first-order chi connectivity index (χ1) is 15.4. The lowest BCUT2D eigenvalue weighted by molar-refractivity contribution is -0.142. The zero-order valence-electron chi connectivity index (χ0n) is 18.0. The van der Waals surface area contributed by atoms with Crippen molar-refractivity contribution in [3.8, 4) is 11.1 Å². The van der Waals surface area contributed by atoms with Gasteiger partial charge in [-0.15, -0.1) is 0 Å². The number of carboxylic acids is 1. The monoisotopic (exact) mass is 436 g/mol. The van der Waals surface area contributed by atoms with Crippen LogP contribution in [0.3, 0.4) is 0 Å². The number of rotatable bonds is 6. The van der Waals surface area contributed by atoms with Gasteiger partial charge in [-0.3, -0.25) is 9.59 Å². The van der Waals surface area contributed by atoms with Crippen LogP contribution in [-0.2, 0) is 14.3 Å². The van der Waals surface area contributed by atoms with Gasteiger partial charge in [0.15, 0.2) is 0 Å². The second-order valence-electron chi connectivity index (χ2n) is 8.60. The third kappa shape index (κ3) is 4.61. The molecule has 2 aromatic carbocycles. The molecule has 0 aromatic heterocycles. The number of benzene rings is 2. The average Bonchev–Trinajstić information content (AvgIpc) is 3.11. The SMILES string of the molecule is C[C@@H](NC(=O)[C@@H]1CCC[C@H](NC(=O)OCC2c3ccccc3-c3ccccc32)C1)C(=O)O. The van der Waals surface area contributed by atoms with Gasteiger partial charge in [-0.05, 0) is 48.4 Å². The number of aliphatic carboxylic acids is 1. The summed E-state index contributed by atoms with van der Waals surface area (Å²) in [6, 6.07) is 15.2. The van der Waals surface area contributed by atoms with E-state index in [0.717, 1.165) is 24.0 Å². The number of carbonyl (C=O) groups is 3. The fraction of sp³-hybridized carbons (Fsp3) is 0.400. The molecule has 2 aliphatic carbocycles. The van der Waals surface area contributed by atoms with Crippen LogP contribution in [0.25, 0.3) is 11.1 Å². The van der Waals surface area contributed by atoms with E-state index in [1.54, 1.807) is 0 Å². The molecular weight excluding hydrogens is 408 g/mol. The van der Waals surface area contributed by atoms with Gasteiger partial charge in [-0.25, -0.2) is 4.79 Å². The van der Waals surface area contributed by atoms with Crippen molar-refractivity contribution in [1.29, 1.82) is 0 Å². The van der Waals surface area contributed by atoms with Gasteiger partial charge in [-0.2, -0.15) is 0 Å². The topological polar surface area (TPSA) is 105 Å². The summed E-state index contributed by atoms with van der Waals surface area (Å²) in [6.07, 6.45) is 2.22. The molecule has 1 fully saturated rings. The molecule has 32 heavy (non-hydrogen) atoms. The summed E-state index contributed by atoms with van der Waals surface area (Å²) in [7, 11) is 0. The molecule has 0 bridgehead atoms. The third-order valence-corrected chi connectivity index (χ3v) is 6.44. The lowest BCUT2D eigenvalue weighted by Gasteiger charge is -2.29. The molecule has 7 heteroatoms. The van der Waals surface area contributed by atoms with Crippen molar-refractivity contribution in [3.63, 3.8) is 0 Å². The second-order valence-corrected chi connectivity index (χ2v) is 8.60. The Kier molecular flexibility index (Phi) is 6.44. The highest BCUT2D eigenvalue weighted by atomic mass is 16.5. The summed E-state index contributed by atoms with van der Waals surface area (Å²) in [5, 5.41) is 14.4. The zero-order chi connectivity index (χ0) is 22.7. The standard InChI is InChI=1S/C25H28N2O5/c1-15(24(29)30)26-23(28)16-7-6-8-17(13-16)27-25(31)32-14-22-20-11-4-2-9-18(20)19-10-3-5-12-21(19)22/h2-5,9-12,15-17,22H,6-8,13-14H2,1H3,(H,26,28)(H,27,31)(H,29,30)/t15-,16-,17+/m1/s1.